The van der Waals surface area contributed by atoms with Crippen LogP contribution in [0.2, 0.25) is 0 Å². The average Bonchev–Trinajstić information content (AvgIpc) is 3.16. The molecule has 0 bridgehead atoms. The smallest absolute Gasteiger partial charge is 0.139 e. The molecule has 172 valence electrons. The van der Waals surface area contributed by atoms with Gasteiger partial charge in [-0.15, -0.1) is 0 Å². The Hall–Kier alpha value is -2.59. The molecule has 0 amide bonds. The highest BCUT2D eigenvalue weighted by atomic mass is 15.1. The lowest BCUT2D eigenvalue weighted by Crippen LogP contribution is -2.38. The number of hydrogen-bond acceptors (Lipinski definition) is 3. The van der Waals surface area contributed by atoms with E-state index in [9.17, 15) is 0 Å². The second kappa shape index (κ2) is 11.3. The zero-order chi connectivity index (χ0) is 23.1. The predicted octanol–water partition coefficient (Wildman–Crippen LogP) is 7.08. The SMILES string of the molecule is C=C(NC1CCC(N(C)C)CC1)c1c(N=CCC)[nH]c2ccc(C(/C=C\CC)=C/C)cc12. The molecule has 1 aromatic heterocycles. The molecule has 0 unspecified atom stereocenters. The molecule has 1 heterocycles. The van der Waals surface area contributed by atoms with Gasteiger partial charge in [0.05, 0.1) is 0 Å². The minimum Gasteiger partial charge on any atom is -0.382 e. The summed E-state index contributed by atoms with van der Waals surface area (Å²) >= 11 is 0. The molecule has 4 nitrogen and oxygen atoms in total. The molecular weight excluding hydrogens is 392 g/mol. The highest BCUT2D eigenvalue weighted by Gasteiger charge is 2.24. The zero-order valence-corrected chi connectivity index (χ0v) is 20.5. The molecule has 0 aliphatic heterocycles. The van der Waals surface area contributed by atoms with Crippen molar-refractivity contribution in [1.29, 1.82) is 0 Å². The molecule has 0 spiro atoms. The van der Waals surface area contributed by atoms with E-state index in [0.29, 0.717) is 12.1 Å². The second-order valence-electron chi connectivity index (χ2n) is 8.98. The van der Waals surface area contributed by atoms with Crippen LogP contribution in [0.15, 0.2) is 48.0 Å². The monoisotopic (exact) mass is 432 g/mol. The fourth-order valence-corrected chi connectivity index (χ4v) is 4.60. The molecule has 3 rings (SSSR count). The Morgan fingerprint density at radius 1 is 1.19 bits per heavy atom. The van der Waals surface area contributed by atoms with E-state index in [1.54, 1.807) is 0 Å². The molecule has 1 aromatic carbocycles. The van der Waals surface area contributed by atoms with E-state index in [-0.39, 0.29) is 0 Å². The average molecular weight is 433 g/mol. The van der Waals surface area contributed by atoms with Crippen LogP contribution in [0.3, 0.4) is 0 Å². The lowest BCUT2D eigenvalue weighted by molar-refractivity contribution is 0.211. The largest absolute Gasteiger partial charge is 0.382 e. The normalized spacial score (nSPS) is 20.1. The van der Waals surface area contributed by atoms with Crippen LogP contribution < -0.4 is 5.32 Å². The van der Waals surface area contributed by atoms with E-state index in [2.05, 4.69) is 93.1 Å². The van der Waals surface area contributed by atoms with E-state index in [0.717, 1.165) is 35.4 Å². The number of nitrogens with one attached hydrogen (secondary N) is 2. The number of fused-ring (bicyclic) bond motifs is 1. The first-order chi connectivity index (χ1) is 15.5. The number of nitrogens with zero attached hydrogens (tertiary/aromatic N) is 2. The lowest BCUT2D eigenvalue weighted by atomic mass is 9.90. The summed E-state index contributed by atoms with van der Waals surface area (Å²) in [4.78, 5) is 10.6. The minimum atomic E-state index is 0.466. The van der Waals surface area contributed by atoms with Crippen LogP contribution in [0.1, 0.15) is 70.4 Å². The van der Waals surface area contributed by atoms with Gasteiger partial charge in [0, 0.05) is 40.5 Å². The summed E-state index contributed by atoms with van der Waals surface area (Å²) in [6.45, 7) is 10.8. The van der Waals surface area contributed by atoms with Crippen molar-refractivity contribution in [3.63, 3.8) is 0 Å². The Balaban J connectivity index is 1.93. The van der Waals surface area contributed by atoms with Crippen LogP contribution in [0.4, 0.5) is 5.82 Å². The van der Waals surface area contributed by atoms with Gasteiger partial charge < -0.3 is 15.2 Å². The molecule has 4 heteroatoms. The number of H-pyrrole nitrogens is 1. The summed E-state index contributed by atoms with van der Waals surface area (Å²) in [5.41, 5.74) is 5.61. The van der Waals surface area contributed by atoms with Crippen molar-refractivity contribution in [3.8, 4) is 0 Å². The van der Waals surface area contributed by atoms with E-state index in [1.165, 1.54) is 42.2 Å². The third kappa shape index (κ3) is 5.60. The summed E-state index contributed by atoms with van der Waals surface area (Å²) < 4.78 is 0. The standard InChI is InChI=1S/C28H40N4/c1-7-10-11-21(9-3)22-12-17-26-25(19-22)27(28(31-26)29-18-8-2)20(4)30-23-13-15-24(16-14-23)32(5)6/h9-12,17-19,23-24,30-31H,4,7-8,13-16H2,1-3,5-6H3/b11-10-,21-9+,29-18?. The number of rotatable bonds is 9. The van der Waals surface area contributed by atoms with Gasteiger partial charge in [0.1, 0.15) is 5.82 Å². The first-order valence-corrected chi connectivity index (χ1v) is 12.1. The van der Waals surface area contributed by atoms with Crippen LogP contribution >= 0.6 is 0 Å². The van der Waals surface area contributed by atoms with Gasteiger partial charge in [0.15, 0.2) is 0 Å². The Kier molecular flexibility index (Phi) is 8.52. The van der Waals surface area contributed by atoms with Crippen molar-refractivity contribution in [2.24, 2.45) is 4.99 Å². The molecule has 1 aliphatic carbocycles. The van der Waals surface area contributed by atoms with Crippen molar-refractivity contribution in [3.05, 3.63) is 54.1 Å². The summed E-state index contributed by atoms with van der Waals surface area (Å²) in [5.74, 6) is 0.893. The Labute approximate surface area is 194 Å². The summed E-state index contributed by atoms with van der Waals surface area (Å²) in [5, 5.41) is 4.93. The number of allylic oxidation sites excluding steroid dienone is 4. The topological polar surface area (TPSA) is 43.4 Å². The maximum Gasteiger partial charge on any atom is 0.139 e. The van der Waals surface area contributed by atoms with Gasteiger partial charge >= 0.3 is 0 Å². The first kappa shape index (κ1) is 24.1. The predicted molar refractivity (Wildman–Crippen MR) is 142 cm³/mol. The quantitative estimate of drug-likeness (QED) is 0.328. The Morgan fingerprint density at radius 3 is 2.56 bits per heavy atom. The molecular formula is C28H40N4. The molecule has 2 N–H and O–H groups in total. The summed E-state index contributed by atoms with van der Waals surface area (Å²) in [6.07, 6.45) is 15.3. The van der Waals surface area contributed by atoms with Crippen molar-refractivity contribution in [1.82, 2.24) is 15.2 Å². The first-order valence-electron chi connectivity index (χ1n) is 12.1. The van der Waals surface area contributed by atoms with Gasteiger partial charge in [0.25, 0.3) is 0 Å². The lowest BCUT2D eigenvalue weighted by Gasteiger charge is -2.33. The van der Waals surface area contributed by atoms with Gasteiger partial charge in [-0.3, -0.25) is 0 Å². The molecule has 1 aliphatic rings. The Morgan fingerprint density at radius 2 is 1.94 bits per heavy atom. The van der Waals surface area contributed by atoms with Crippen LogP contribution in [0.25, 0.3) is 22.2 Å². The number of hydrogen-bond donors (Lipinski definition) is 2. The van der Waals surface area contributed by atoms with Crippen LogP contribution in [0, 0.1) is 0 Å². The minimum absolute atomic E-state index is 0.466. The molecule has 0 radical (unpaired) electrons. The summed E-state index contributed by atoms with van der Waals surface area (Å²) in [6, 6.07) is 7.78. The molecule has 1 fully saturated rings. The fraction of sp³-hybridized carbons (Fsp3) is 0.464. The van der Waals surface area contributed by atoms with Crippen molar-refractivity contribution in [2.75, 3.05) is 14.1 Å². The van der Waals surface area contributed by atoms with E-state index in [4.69, 9.17) is 4.99 Å². The highest BCUT2D eigenvalue weighted by Crippen LogP contribution is 2.35. The van der Waals surface area contributed by atoms with Gasteiger partial charge in [-0.1, -0.05) is 44.7 Å². The van der Waals surface area contributed by atoms with Crippen LogP contribution in [-0.2, 0) is 0 Å². The highest BCUT2D eigenvalue weighted by molar-refractivity contribution is 5.99. The van der Waals surface area contributed by atoms with Gasteiger partial charge in [0.2, 0.25) is 0 Å². The fourth-order valence-electron chi connectivity index (χ4n) is 4.60. The number of aliphatic imine (C=N–C) groups is 1. The third-order valence-electron chi connectivity index (χ3n) is 6.47. The number of aromatic nitrogens is 1. The van der Waals surface area contributed by atoms with Gasteiger partial charge in [-0.25, -0.2) is 4.99 Å². The Bertz CT molecular complexity index is 998. The maximum absolute atomic E-state index is 4.74. The van der Waals surface area contributed by atoms with E-state index >= 15 is 0 Å². The van der Waals surface area contributed by atoms with Crippen LogP contribution in [-0.4, -0.2) is 42.3 Å². The van der Waals surface area contributed by atoms with Crippen molar-refractivity contribution in [2.45, 2.75) is 71.4 Å². The van der Waals surface area contributed by atoms with E-state index < -0.39 is 0 Å². The van der Waals surface area contributed by atoms with Gasteiger partial charge in [-0.2, -0.15) is 0 Å². The maximum atomic E-state index is 4.74. The third-order valence-corrected chi connectivity index (χ3v) is 6.47. The molecule has 0 saturated heterocycles. The van der Waals surface area contributed by atoms with Crippen LogP contribution in [0.5, 0.6) is 0 Å². The second-order valence-corrected chi connectivity index (χ2v) is 8.98. The van der Waals surface area contributed by atoms with Crippen molar-refractivity contribution >= 4 is 34.2 Å². The molecule has 2 aromatic rings. The zero-order valence-electron chi connectivity index (χ0n) is 20.5. The number of benzene rings is 1. The van der Waals surface area contributed by atoms with E-state index in [1.807, 2.05) is 6.21 Å². The molecule has 1 saturated carbocycles. The summed E-state index contributed by atoms with van der Waals surface area (Å²) in [7, 11) is 4.38. The molecule has 32 heavy (non-hydrogen) atoms. The van der Waals surface area contributed by atoms with Gasteiger partial charge in [-0.05, 0) is 82.8 Å². The molecule has 0 atom stereocenters. The van der Waals surface area contributed by atoms with Crippen molar-refractivity contribution < 1.29 is 0 Å². The number of aromatic amines is 1.